The standard InChI is InChI=1S/C16H18FNO2/c1-18-16(11-7-9-12(17)10-8-11)15-13(19-2)5-4-6-14(15)20-3/h4-10,16,18H,1-3H3. The molecule has 0 aliphatic rings. The summed E-state index contributed by atoms with van der Waals surface area (Å²) in [6.07, 6.45) is 0. The lowest BCUT2D eigenvalue weighted by molar-refractivity contribution is 0.379. The van der Waals surface area contributed by atoms with E-state index in [-0.39, 0.29) is 11.9 Å². The fraction of sp³-hybridized carbons (Fsp3) is 0.250. The van der Waals surface area contributed by atoms with Crippen molar-refractivity contribution in [2.24, 2.45) is 0 Å². The van der Waals surface area contributed by atoms with Gasteiger partial charge in [-0.25, -0.2) is 4.39 Å². The lowest BCUT2D eigenvalue weighted by Gasteiger charge is -2.22. The molecule has 0 spiro atoms. The van der Waals surface area contributed by atoms with E-state index >= 15 is 0 Å². The second-order valence-corrected chi connectivity index (χ2v) is 4.35. The lowest BCUT2D eigenvalue weighted by Crippen LogP contribution is -2.19. The molecule has 2 aromatic rings. The Kier molecular flexibility index (Phi) is 4.58. The van der Waals surface area contributed by atoms with Gasteiger partial charge in [0.2, 0.25) is 0 Å². The molecular weight excluding hydrogens is 257 g/mol. The maximum atomic E-state index is 13.1. The van der Waals surface area contributed by atoms with E-state index in [2.05, 4.69) is 5.32 Å². The first-order valence-electron chi connectivity index (χ1n) is 6.35. The molecule has 2 rings (SSSR count). The molecule has 0 radical (unpaired) electrons. The van der Waals surface area contributed by atoms with Crippen LogP contribution >= 0.6 is 0 Å². The first kappa shape index (κ1) is 14.3. The van der Waals surface area contributed by atoms with Crippen LogP contribution in [0.4, 0.5) is 4.39 Å². The zero-order valence-electron chi connectivity index (χ0n) is 11.8. The van der Waals surface area contributed by atoms with Crippen LogP contribution in [0, 0.1) is 5.82 Å². The average Bonchev–Trinajstić information content (AvgIpc) is 2.49. The van der Waals surface area contributed by atoms with E-state index in [1.807, 2.05) is 25.2 Å². The maximum absolute atomic E-state index is 13.1. The van der Waals surface area contributed by atoms with Crippen LogP contribution in [0.15, 0.2) is 42.5 Å². The van der Waals surface area contributed by atoms with Crippen molar-refractivity contribution >= 4 is 0 Å². The summed E-state index contributed by atoms with van der Waals surface area (Å²) in [5, 5.41) is 3.22. The van der Waals surface area contributed by atoms with Crippen molar-refractivity contribution in [2.45, 2.75) is 6.04 Å². The van der Waals surface area contributed by atoms with E-state index in [9.17, 15) is 4.39 Å². The minimum absolute atomic E-state index is 0.137. The van der Waals surface area contributed by atoms with Gasteiger partial charge in [0.1, 0.15) is 17.3 Å². The number of ether oxygens (including phenoxy) is 2. The summed E-state index contributed by atoms with van der Waals surface area (Å²) in [6, 6.07) is 11.9. The number of hydrogen-bond donors (Lipinski definition) is 1. The van der Waals surface area contributed by atoms with Gasteiger partial charge >= 0.3 is 0 Å². The monoisotopic (exact) mass is 275 g/mol. The molecule has 2 aromatic carbocycles. The first-order valence-corrected chi connectivity index (χ1v) is 6.35. The molecule has 1 atom stereocenters. The normalized spacial score (nSPS) is 12.0. The molecule has 20 heavy (non-hydrogen) atoms. The van der Waals surface area contributed by atoms with Crippen LogP contribution in [0.5, 0.6) is 11.5 Å². The lowest BCUT2D eigenvalue weighted by atomic mass is 9.97. The van der Waals surface area contributed by atoms with Crippen molar-refractivity contribution in [1.82, 2.24) is 5.32 Å². The molecule has 4 heteroatoms. The van der Waals surface area contributed by atoms with E-state index in [4.69, 9.17) is 9.47 Å². The Labute approximate surface area is 118 Å². The summed E-state index contributed by atoms with van der Waals surface area (Å²) in [5.41, 5.74) is 1.84. The van der Waals surface area contributed by atoms with Gasteiger partial charge in [0.25, 0.3) is 0 Å². The van der Waals surface area contributed by atoms with E-state index in [0.717, 1.165) is 22.6 Å². The molecule has 0 amide bonds. The second kappa shape index (κ2) is 6.39. The van der Waals surface area contributed by atoms with Gasteiger partial charge in [-0.1, -0.05) is 18.2 Å². The highest BCUT2D eigenvalue weighted by Gasteiger charge is 2.21. The molecule has 0 fully saturated rings. The third kappa shape index (κ3) is 2.75. The molecule has 0 saturated heterocycles. The minimum Gasteiger partial charge on any atom is -0.496 e. The van der Waals surface area contributed by atoms with E-state index in [1.165, 1.54) is 12.1 Å². The number of benzene rings is 2. The Morgan fingerprint density at radius 1 is 0.950 bits per heavy atom. The van der Waals surface area contributed by atoms with E-state index in [1.54, 1.807) is 26.4 Å². The van der Waals surface area contributed by atoms with Gasteiger partial charge in [0.15, 0.2) is 0 Å². The molecule has 1 unspecified atom stereocenters. The van der Waals surface area contributed by atoms with Crippen LogP contribution in [0.1, 0.15) is 17.2 Å². The van der Waals surface area contributed by atoms with Gasteiger partial charge in [0.05, 0.1) is 25.8 Å². The average molecular weight is 275 g/mol. The van der Waals surface area contributed by atoms with Gasteiger partial charge in [-0.05, 0) is 36.9 Å². The summed E-state index contributed by atoms with van der Waals surface area (Å²) in [5.74, 6) is 1.21. The largest absolute Gasteiger partial charge is 0.496 e. The van der Waals surface area contributed by atoms with Gasteiger partial charge in [-0.2, -0.15) is 0 Å². The van der Waals surface area contributed by atoms with Crippen molar-refractivity contribution in [3.63, 3.8) is 0 Å². The third-order valence-corrected chi connectivity index (χ3v) is 3.25. The predicted molar refractivity (Wildman–Crippen MR) is 76.8 cm³/mol. The maximum Gasteiger partial charge on any atom is 0.127 e. The Bertz CT molecular complexity index is 547. The van der Waals surface area contributed by atoms with Gasteiger partial charge in [0, 0.05) is 0 Å². The van der Waals surface area contributed by atoms with E-state index in [0.29, 0.717) is 0 Å². The molecule has 0 saturated carbocycles. The predicted octanol–water partition coefficient (Wildman–Crippen LogP) is 3.15. The first-order chi connectivity index (χ1) is 9.71. The number of hydrogen-bond acceptors (Lipinski definition) is 3. The highest BCUT2D eigenvalue weighted by molar-refractivity contribution is 5.50. The fourth-order valence-corrected chi connectivity index (χ4v) is 2.30. The van der Waals surface area contributed by atoms with Crippen molar-refractivity contribution in [3.8, 4) is 11.5 Å². The molecular formula is C16H18FNO2. The molecule has 0 aliphatic carbocycles. The van der Waals surface area contributed by atoms with Crippen LogP contribution in [0.2, 0.25) is 0 Å². The summed E-state index contributed by atoms with van der Waals surface area (Å²) < 4.78 is 23.9. The number of rotatable bonds is 5. The molecule has 0 aromatic heterocycles. The van der Waals surface area contributed by atoms with Gasteiger partial charge in [-0.3, -0.25) is 0 Å². The van der Waals surface area contributed by atoms with E-state index < -0.39 is 0 Å². The Balaban J connectivity index is 2.53. The summed E-state index contributed by atoms with van der Waals surface area (Å²) >= 11 is 0. The van der Waals surface area contributed by atoms with Crippen LogP contribution < -0.4 is 14.8 Å². The number of methoxy groups -OCH3 is 2. The molecule has 0 aliphatic heterocycles. The van der Waals surface area contributed by atoms with Crippen LogP contribution in [-0.4, -0.2) is 21.3 Å². The Morgan fingerprint density at radius 2 is 1.50 bits per heavy atom. The molecule has 3 nitrogen and oxygen atoms in total. The molecule has 106 valence electrons. The molecule has 0 bridgehead atoms. The van der Waals surface area contributed by atoms with Crippen LogP contribution in [0.3, 0.4) is 0 Å². The third-order valence-electron chi connectivity index (χ3n) is 3.25. The zero-order chi connectivity index (χ0) is 14.5. The van der Waals surface area contributed by atoms with Crippen molar-refractivity contribution in [1.29, 1.82) is 0 Å². The second-order valence-electron chi connectivity index (χ2n) is 4.35. The fourth-order valence-electron chi connectivity index (χ4n) is 2.30. The summed E-state index contributed by atoms with van der Waals surface area (Å²) in [6.45, 7) is 0. The SMILES string of the molecule is CNC(c1ccc(F)cc1)c1c(OC)cccc1OC. The highest BCUT2D eigenvalue weighted by atomic mass is 19.1. The smallest absolute Gasteiger partial charge is 0.127 e. The number of halogens is 1. The van der Waals surface area contributed by atoms with Crippen LogP contribution in [0.25, 0.3) is 0 Å². The van der Waals surface area contributed by atoms with Crippen molar-refractivity contribution in [3.05, 3.63) is 59.4 Å². The summed E-state index contributed by atoms with van der Waals surface area (Å²) in [4.78, 5) is 0. The molecule has 0 heterocycles. The highest BCUT2D eigenvalue weighted by Crippen LogP contribution is 2.37. The van der Waals surface area contributed by atoms with Crippen LogP contribution in [-0.2, 0) is 0 Å². The zero-order valence-corrected chi connectivity index (χ0v) is 11.8. The number of nitrogens with one attached hydrogen (secondary N) is 1. The molecule has 1 N–H and O–H groups in total. The Morgan fingerprint density at radius 3 is 1.95 bits per heavy atom. The minimum atomic E-state index is -0.254. The summed E-state index contributed by atoms with van der Waals surface area (Å²) in [7, 11) is 5.09. The van der Waals surface area contributed by atoms with Gasteiger partial charge in [-0.15, -0.1) is 0 Å². The van der Waals surface area contributed by atoms with Crippen molar-refractivity contribution < 1.29 is 13.9 Å². The topological polar surface area (TPSA) is 30.5 Å². The van der Waals surface area contributed by atoms with Crippen molar-refractivity contribution in [2.75, 3.05) is 21.3 Å². The van der Waals surface area contributed by atoms with Gasteiger partial charge < -0.3 is 14.8 Å². The Hall–Kier alpha value is -2.07. The quantitative estimate of drug-likeness (QED) is 0.909.